The van der Waals surface area contributed by atoms with Crippen molar-refractivity contribution in [2.75, 3.05) is 0 Å². The minimum absolute atomic E-state index is 0.105. The monoisotopic (exact) mass is 689 g/mol. The number of para-hydroxylation sites is 2. The zero-order valence-corrected chi connectivity index (χ0v) is 30.1. The second-order valence-corrected chi connectivity index (χ2v) is 14.7. The Bertz CT molecular complexity index is 2900. The third-order valence-electron chi connectivity index (χ3n) is 11.2. The Labute approximate surface area is 315 Å². The molecular weight excluding hydrogens is 655 g/mol. The summed E-state index contributed by atoms with van der Waals surface area (Å²) >= 11 is 0. The van der Waals surface area contributed by atoms with Crippen LogP contribution in [-0.4, -0.2) is 9.55 Å². The van der Waals surface area contributed by atoms with Gasteiger partial charge in [-0.2, -0.15) is 0 Å². The predicted molar refractivity (Wildman–Crippen MR) is 224 cm³/mol. The van der Waals surface area contributed by atoms with Crippen molar-refractivity contribution in [2.24, 2.45) is 0 Å². The van der Waals surface area contributed by atoms with E-state index in [-0.39, 0.29) is 5.41 Å². The second kappa shape index (κ2) is 12.3. The predicted octanol–water partition coefficient (Wildman–Crippen LogP) is 13.7. The Morgan fingerprint density at radius 3 is 1.87 bits per heavy atom. The van der Waals surface area contributed by atoms with Crippen molar-refractivity contribution in [3.8, 4) is 61.6 Å². The van der Waals surface area contributed by atoms with Crippen LogP contribution in [0.2, 0.25) is 0 Å². The van der Waals surface area contributed by atoms with E-state index in [4.69, 9.17) is 11.6 Å². The fraction of sp³-hybridized carbons (Fsp3) is 0.0588. The van der Waals surface area contributed by atoms with Gasteiger partial charge in [0.15, 0.2) is 5.69 Å². The van der Waals surface area contributed by atoms with E-state index in [9.17, 15) is 0 Å². The van der Waals surface area contributed by atoms with Gasteiger partial charge in [0.1, 0.15) is 0 Å². The van der Waals surface area contributed by atoms with Gasteiger partial charge in [-0.15, -0.1) is 0 Å². The van der Waals surface area contributed by atoms with E-state index < -0.39 is 0 Å². The maximum Gasteiger partial charge on any atom is 0.194 e. The fourth-order valence-electron chi connectivity index (χ4n) is 8.53. The molecule has 54 heavy (non-hydrogen) atoms. The lowest BCUT2D eigenvalue weighted by molar-refractivity contribution is 0.661. The largest absolute Gasteiger partial charge is 0.309 e. The zero-order valence-electron chi connectivity index (χ0n) is 30.1. The van der Waals surface area contributed by atoms with Gasteiger partial charge >= 0.3 is 0 Å². The number of aromatic nitrogens is 2. The molecule has 0 bridgehead atoms. The first kappa shape index (κ1) is 31.7. The van der Waals surface area contributed by atoms with Gasteiger partial charge in [0.25, 0.3) is 0 Å². The summed E-state index contributed by atoms with van der Waals surface area (Å²) < 4.78 is 2.41. The molecule has 0 atom stereocenters. The highest BCUT2D eigenvalue weighted by Gasteiger charge is 2.36. The molecule has 0 fully saturated rings. The van der Waals surface area contributed by atoms with Crippen LogP contribution in [0, 0.1) is 6.57 Å². The molecule has 9 aromatic rings. The summed E-state index contributed by atoms with van der Waals surface area (Å²) in [5.41, 5.74) is 17.1. The van der Waals surface area contributed by atoms with Gasteiger partial charge in [-0.05, 0) is 93.0 Å². The van der Waals surface area contributed by atoms with E-state index in [1.54, 1.807) is 0 Å². The van der Waals surface area contributed by atoms with Crippen LogP contribution in [0.3, 0.4) is 0 Å². The minimum atomic E-state index is -0.105. The van der Waals surface area contributed by atoms with Crippen LogP contribution < -0.4 is 0 Å². The van der Waals surface area contributed by atoms with Crippen LogP contribution in [0.4, 0.5) is 5.69 Å². The van der Waals surface area contributed by atoms with E-state index in [1.165, 1.54) is 33.0 Å². The molecule has 0 unspecified atom stereocenters. The lowest BCUT2D eigenvalue weighted by atomic mass is 9.82. The summed E-state index contributed by atoms with van der Waals surface area (Å²) in [6.45, 7) is 12.8. The molecule has 1 aliphatic carbocycles. The second-order valence-electron chi connectivity index (χ2n) is 14.7. The summed E-state index contributed by atoms with van der Waals surface area (Å²) in [6.07, 6.45) is 0. The molecule has 0 saturated carbocycles. The molecule has 1 aliphatic rings. The van der Waals surface area contributed by atoms with Gasteiger partial charge < -0.3 is 4.57 Å². The molecule has 2 aromatic heterocycles. The van der Waals surface area contributed by atoms with Crippen LogP contribution in [-0.2, 0) is 5.41 Å². The van der Waals surface area contributed by atoms with Crippen molar-refractivity contribution >= 4 is 27.5 Å². The van der Waals surface area contributed by atoms with Gasteiger partial charge in [-0.25, -0.2) is 9.83 Å². The third kappa shape index (κ3) is 4.99. The van der Waals surface area contributed by atoms with E-state index in [0.717, 1.165) is 61.5 Å². The van der Waals surface area contributed by atoms with Crippen molar-refractivity contribution in [2.45, 2.75) is 19.3 Å². The molecule has 0 aliphatic heterocycles. The molecule has 7 aromatic carbocycles. The van der Waals surface area contributed by atoms with Gasteiger partial charge in [0.05, 0.1) is 29.0 Å². The highest BCUT2D eigenvalue weighted by molar-refractivity contribution is 6.11. The lowest BCUT2D eigenvalue weighted by Gasteiger charge is -2.21. The lowest BCUT2D eigenvalue weighted by Crippen LogP contribution is -2.14. The molecule has 0 N–H and O–H groups in total. The van der Waals surface area contributed by atoms with Gasteiger partial charge in [-0.3, -0.25) is 0 Å². The molecular formula is C51H35N3. The Hall–Kier alpha value is -7.02. The number of rotatable bonds is 5. The number of pyridine rings is 1. The summed E-state index contributed by atoms with van der Waals surface area (Å²) in [5, 5.41) is 2.44. The number of benzene rings is 7. The summed E-state index contributed by atoms with van der Waals surface area (Å²) in [6, 6.07) is 62.3. The van der Waals surface area contributed by atoms with E-state index >= 15 is 0 Å². The smallest absolute Gasteiger partial charge is 0.194 e. The average molecular weight is 690 g/mol. The van der Waals surface area contributed by atoms with Crippen molar-refractivity contribution < 1.29 is 0 Å². The Morgan fingerprint density at radius 2 is 1.09 bits per heavy atom. The Morgan fingerprint density at radius 1 is 0.463 bits per heavy atom. The standard InChI is InChI=1S/C51H35N3/c1-51(2)44-23-13-10-21-40(44)42-32-50-43(31-45(42)51)41-22-12-15-25-49(41)54(50)38-27-36(39-20-11-14-24-46(39)52-3)26-37(28-38)48-30-35(33-16-6-4-7-17-33)29-47(53-48)34-18-8-5-9-19-34/h4-32H,1-2H3. The summed E-state index contributed by atoms with van der Waals surface area (Å²) in [7, 11) is 0. The van der Waals surface area contributed by atoms with Gasteiger partial charge in [-0.1, -0.05) is 141 Å². The van der Waals surface area contributed by atoms with Crippen molar-refractivity contribution in [1.29, 1.82) is 0 Å². The quantitative estimate of drug-likeness (QED) is 0.165. The first-order chi connectivity index (χ1) is 26.5. The number of nitrogens with zero attached hydrogens (tertiary/aromatic N) is 3. The molecule has 0 spiro atoms. The number of hydrogen-bond acceptors (Lipinski definition) is 1. The SMILES string of the molecule is [C-]#[N+]c1ccccc1-c1cc(-c2cc(-c3ccccc3)cc(-c3ccccc3)n2)cc(-n2c3ccccc3c3cc4c(cc32)-c2ccccc2C4(C)C)c1. The maximum absolute atomic E-state index is 8.08. The average Bonchev–Trinajstić information content (AvgIpc) is 3.68. The van der Waals surface area contributed by atoms with Crippen LogP contribution in [0.25, 0.3) is 88.2 Å². The number of hydrogen-bond donors (Lipinski definition) is 0. The molecule has 3 nitrogen and oxygen atoms in total. The molecule has 3 heteroatoms. The fourth-order valence-corrected chi connectivity index (χ4v) is 8.53. The maximum atomic E-state index is 8.08. The highest BCUT2D eigenvalue weighted by atomic mass is 15.0. The number of fused-ring (bicyclic) bond motifs is 6. The first-order valence-corrected chi connectivity index (χ1v) is 18.4. The summed E-state index contributed by atoms with van der Waals surface area (Å²) in [5.74, 6) is 0. The van der Waals surface area contributed by atoms with Crippen LogP contribution in [0.15, 0.2) is 176 Å². The van der Waals surface area contributed by atoms with Crippen molar-refractivity contribution in [3.05, 3.63) is 198 Å². The minimum Gasteiger partial charge on any atom is -0.309 e. The van der Waals surface area contributed by atoms with Gasteiger partial charge in [0, 0.05) is 33.0 Å². The third-order valence-corrected chi connectivity index (χ3v) is 11.2. The van der Waals surface area contributed by atoms with Crippen LogP contribution in [0.5, 0.6) is 0 Å². The highest BCUT2D eigenvalue weighted by Crippen LogP contribution is 2.51. The first-order valence-electron chi connectivity index (χ1n) is 18.4. The zero-order chi connectivity index (χ0) is 36.4. The molecule has 2 heterocycles. The Balaban J connectivity index is 1.28. The normalized spacial score (nSPS) is 12.8. The van der Waals surface area contributed by atoms with E-state index in [0.29, 0.717) is 5.69 Å². The molecule has 254 valence electrons. The Kier molecular flexibility index (Phi) is 7.22. The van der Waals surface area contributed by atoms with Crippen molar-refractivity contribution in [1.82, 2.24) is 9.55 Å². The van der Waals surface area contributed by atoms with E-state index in [1.807, 2.05) is 24.3 Å². The van der Waals surface area contributed by atoms with E-state index in [2.05, 4.69) is 175 Å². The van der Waals surface area contributed by atoms with Gasteiger partial charge in [0.2, 0.25) is 0 Å². The molecule has 0 radical (unpaired) electrons. The van der Waals surface area contributed by atoms with Crippen LogP contribution >= 0.6 is 0 Å². The topological polar surface area (TPSA) is 22.2 Å². The molecule has 10 rings (SSSR count). The van der Waals surface area contributed by atoms with Crippen LogP contribution in [0.1, 0.15) is 25.0 Å². The molecule has 0 saturated heterocycles. The molecule has 0 amide bonds. The summed E-state index contributed by atoms with van der Waals surface area (Å²) in [4.78, 5) is 9.29. The van der Waals surface area contributed by atoms with Crippen molar-refractivity contribution in [3.63, 3.8) is 0 Å².